The van der Waals surface area contributed by atoms with Gasteiger partial charge in [0, 0.05) is 6.04 Å². The summed E-state index contributed by atoms with van der Waals surface area (Å²) in [6.45, 7) is 0. The van der Waals surface area contributed by atoms with Gasteiger partial charge in [-0.2, -0.15) is 13.2 Å². The van der Waals surface area contributed by atoms with Crippen LogP contribution in [0.25, 0.3) is 0 Å². The Morgan fingerprint density at radius 1 is 1.11 bits per heavy atom. The van der Waals surface area contributed by atoms with Crippen molar-refractivity contribution in [2.45, 2.75) is 37.9 Å². The van der Waals surface area contributed by atoms with Crippen LogP contribution in [0.1, 0.15) is 25.7 Å². The second-order valence-electron chi connectivity index (χ2n) is 4.97. The number of carboxylic acids is 1. The summed E-state index contributed by atoms with van der Waals surface area (Å²) in [5.41, 5.74) is 0. The quantitative estimate of drug-likeness (QED) is 0.796. The lowest BCUT2D eigenvalue weighted by Gasteiger charge is -2.52. The van der Waals surface area contributed by atoms with Crippen LogP contribution < -0.4 is 5.32 Å². The molecule has 2 aliphatic rings. The van der Waals surface area contributed by atoms with Crippen LogP contribution in [0.15, 0.2) is 0 Å². The molecule has 0 aliphatic heterocycles. The van der Waals surface area contributed by atoms with Crippen LogP contribution in [0, 0.1) is 17.8 Å². The van der Waals surface area contributed by atoms with Crippen molar-refractivity contribution in [1.29, 1.82) is 0 Å². The number of nitrogens with one attached hydrogen (secondary N) is 1. The largest absolute Gasteiger partial charge is 0.481 e. The highest BCUT2D eigenvalue weighted by molar-refractivity contribution is 5.83. The first-order valence-corrected chi connectivity index (χ1v) is 5.93. The van der Waals surface area contributed by atoms with Gasteiger partial charge in [-0.3, -0.25) is 9.59 Å². The molecule has 0 aromatic heterocycles. The number of alkyl halides is 3. The average Bonchev–Trinajstić information content (AvgIpc) is 2.24. The first-order valence-electron chi connectivity index (χ1n) is 5.93. The summed E-state index contributed by atoms with van der Waals surface area (Å²) in [6.07, 6.45) is -1.75. The summed E-state index contributed by atoms with van der Waals surface area (Å²) in [5, 5.41) is 10.9. The monoisotopic (exact) mass is 265 g/mol. The molecule has 0 aromatic rings. The highest BCUT2D eigenvalue weighted by Crippen LogP contribution is 2.49. The van der Waals surface area contributed by atoms with E-state index in [4.69, 9.17) is 5.11 Å². The summed E-state index contributed by atoms with van der Waals surface area (Å²) in [4.78, 5) is 21.9. The zero-order valence-corrected chi connectivity index (χ0v) is 9.54. The molecule has 2 saturated carbocycles. The molecule has 2 aliphatic carbocycles. The third-order valence-corrected chi connectivity index (χ3v) is 4.02. The molecule has 0 spiro atoms. The van der Waals surface area contributed by atoms with Gasteiger partial charge in [-0.25, -0.2) is 0 Å². The fraction of sp³-hybridized carbons (Fsp3) is 0.818. The van der Waals surface area contributed by atoms with Gasteiger partial charge in [-0.05, 0) is 24.7 Å². The van der Waals surface area contributed by atoms with Crippen molar-refractivity contribution in [3.63, 3.8) is 0 Å². The molecule has 4 nitrogen and oxygen atoms in total. The van der Waals surface area contributed by atoms with Crippen molar-refractivity contribution < 1.29 is 27.9 Å². The molecule has 4 unspecified atom stereocenters. The van der Waals surface area contributed by atoms with Crippen LogP contribution in [0.2, 0.25) is 0 Å². The Morgan fingerprint density at radius 3 is 2.17 bits per heavy atom. The molecule has 1 amide bonds. The second kappa shape index (κ2) is 4.44. The smallest absolute Gasteiger partial charge is 0.471 e. The van der Waals surface area contributed by atoms with E-state index in [2.05, 4.69) is 0 Å². The Bertz CT molecular complexity index is 369. The minimum Gasteiger partial charge on any atom is -0.481 e. The van der Waals surface area contributed by atoms with Crippen molar-refractivity contribution >= 4 is 11.9 Å². The van der Waals surface area contributed by atoms with Crippen molar-refractivity contribution in [2.75, 3.05) is 0 Å². The molecule has 18 heavy (non-hydrogen) atoms. The normalized spacial score (nSPS) is 35.3. The molecule has 0 radical (unpaired) electrons. The third kappa shape index (κ3) is 2.18. The third-order valence-electron chi connectivity index (χ3n) is 4.02. The molecular weight excluding hydrogens is 251 g/mol. The number of carbonyl (C=O) groups is 2. The molecule has 0 saturated heterocycles. The second-order valence-corrected chi connectivity index (χ2v) is 4.97. The van der Waals surface area contributed by atoms with Gasteiger partial charge < -0.3 is 10.4 Å². The minimum atomic E-state index is -4.96. The number of hydrogen-bond acceptors (Lipinski definition) is 2. The van der Waals surface area contributed by atoms with E-state index in [1.165, 1.54) is 0 Å². The van der Waals surface area contributed by atoms with E-state index in [1.54, 1.807) is 0 Å². The van der Waals surface area contributed by atoms with Gasteiger partial charge in [0.05, 0.1) is 5.92 Å². The Balaban J connectivity index is 2.06. The minimum absolute atomic E-state index is 0.0882. The van der Waals surface area contributed by atoms with Gasteiger partial charge in [0.2, 0.25) is 0 Å². The first-order chi connectivity index (χ1) is 8.32. The molecule has 2 fully saturated rings. The zero-order valence-electron chi connectivity index (χ0n) is 9.54. The summed E-state index contributed by atoms with van der Waals surface area (Å²) in [7, 11) is 0. The molecule has 2 N–H and O–H groups in total. The molecule has 0 aromatic carbocycles. The molecule has 0 bridgehead atoms. The summed E-state index contributed by atoms with van der Waals surface area (Å²) >= 11 is 0. The molecular formula is C11H14F3NO3. The Kier molecular flexibility index (Phi) is 3.25. The van der Waals surface area contributed by atoms with E-state index in [-0.39, 0.29) is 11.8 Å². The van der Waals surface area contributed by atoms with E-state index in [0.717, 1.165) is 19.3 Å². The van der Waals surface area contributed by atoms with E-state index >= 15 is 0 Å². The number of carboxylic acid groups (broad SMARTS) is 1. The topological polar surface area (TPSA) is 66.4 Å². The SMILES string of the molecule is O=C(O)C1C2CCCCC2C1NC(=O)C(F)(F)F. The van der Waals surface area contributed by atoms with Crippen LogP contribution in [-0.4, -0.2) is 29.2 Å². The predicted octanol–water partition coefficient (Wildman–Crippen LogP) is 1.55. The van der Waals surface area contributed by atoms with Crippen molar-refractivity contribution in [3.8, 4) is 0 Å². The van der Waals surface area contributed by atoms with Crippen LogP contribution in [0.3, 0.4) is 0 Å². The maximum Gasteiger partial charge on any atom is 0.471 e. The molecule has 2 rings (SSSR count). The Morgan fingerprint density at radius 2 is 1.67 bits per heavy atom. The Hall–Kier alpha value is -1.27. The van der Waals surface area contributed by atoms with Gasteiger partial charge in [0.1, 0.15) is 0 Å². The number of halogens is 3. The van der Waals surface area contributed by atoms with Gasteiger partial charge in [0.15, 0.2) is 0 Å². The van der Waals surface area contributed by atoms with Crippen molar-refractivity contribution in [1.82, 2.24) is 5.32 Å². The zero-order chi connectivity index (χ0) is 13.5. The summed E-state index contributed by atoms with van der Waals surface area (Å²) < 4.78 is 36.5. The van der Waals surface area contributed by atoms with Crippen molar-refractivity contribution in [3.05, 3.63) is 0 Å². The standard InChI is InChI=1S/C11H14F3NO3/c12-11(13,14)10(18)15-8-6-4-2-1-3-5(6)7(8)9(16)17/h5-8H,1-4H2,(H,15,18)(H,16,17). The highest BCUT2D eigenvalue weighted by Gasteiger charge is 2.56. The molecule has 102 valence electrons. The number of aliphatic carboxylic acids is 1. The number of rotatable bonds is 2. The maximum absolute atomic E-state index is 12.2. The fourth-order valence-electron chi connectivity index (χ4n) is 3.23. The molecule has 4 atom stereocenters. The summed E-state index contributed by atoms with van der Waals surface area (Å²) in [5.74, 6) is -4.24. The lowest BCUT2D eigenvalue weighted by atomic mass is 9.55. The van der Waals surface area contributed by atoms with Gasteiger partial charge in [0.25, 0.3) is 0 Å². The van der Waals surface area contributed by atoms with Crippen LogP contribution in [-0.2, 0) is 9.59 Å². The number of hydrogen-bond donors (Lipinski definition) is 2. The number of fused-ring (bicyclic) bond motifs is 1. The Labute approximate surface area is 102 Å². The van der Waals surface area contributed by atoms with Crippen LogP contribution in [0.5, 0.6) is 0 Å². The van der Waals surface area contributed by atoms with Crippen LogP contribution >= 0.6 is 0 Å². The van der Waals surface area contributed by atoms with Gasteiger partial charge >= 0.3 is 18.1 Å². The first kappa shape index (κ1) is 13.2. The fourth-order valence-corrected chi connectivity index (χ4v) is 3.23. The lowest BCUT2D eigenvalue weighted by molar-refractivity contribution is -0.180. The van der Waals surface area contributed by atoms with Crippen molar-refractivity contribution in [2.24, 2.45) is 17.8 Å². The lowest BCUT2D eigenvalue weighted by Crippen LogP contribution is -2.64. The maximum atomic E-state index is 12.2. The number of carbonyl (C=O) groups excluding carboxylic acids is 1. The van der Waals surface area contributed by atoms with Crippen LogP contribution in [0.4, 0.5) is 13.2 Å². The van der Waals surface area contributed by atoms with Gasteiger partial charge in [-0.15, -0.1) is 0 Å². The van der Waals surface area contributed by atoms with E-state index < -0.39 is 30.0 Å². The molecule has 0 heterocycles. The summed E-state index contributed by atoms with van der Waals surface area (Å²) in [6, 6.07) is -0.873. The average molecular weight is 265 g/mol. The van der Waals surface area contributed by atoms with E-state index in [9.17, 15) is 22.8 Å². The predicted molar refractivity (Wildman–Crippen MR) is 54.6 cm³/mol. The highest BCUT2D eigenvalue weighted by atomic mass is 19.4. The van der Waals surface area contributed by atoms with E-state index in [0.29, 0.717) is 6.42 Å². The van der Waals surface area contributed by atoms with Gasteiger partial charge in [-0.1, -0.05) is 12.8 Å². The van der Waals surface area contributed by atoms with E-state index in [1.807, 2.05) is 5.32 Å². The molecule has 7 heteroatoms. The number of amides is 1.